The molecule has 1 N–H and O–H groups in total. The lowest BCUT2D eigenvalue weighted by Crippen LogP contribution is -2.22. The van der Waals surface area contributed by atoms with Crippen molar-refractivity contribution in [3.63, 3.8) is 0 Å². The first-order chi connectivity index (χ1) is 12.2. The molecule has 2 aromatic carbocycles. The lowest BCUT2D eigenvalue weighted by molar-refractivity contribution is -0.121. The summed E-state index contributed by atoms with van der Waals surface area (Å²) in [5, 5.41) is 3.93. The molecular weight excluding hydrogens is 318 g/mol. The quantitative estimate of drug-likeness (QED) is 0.713. The molecule has 0 aliphatic carbocycles. The van der Waals surface area contributed by atoms with Crippen LogP contribution in [0.25, 0.3) is 11.0 Å². The third-order valence-electron chi connectivity index (χ3n) is 4.03. The Kier molecular flexibility index (Phi) is 5.23. The summed E-state index contributed by atoms with van der Waals surface area (Å²) in [6, 6.07) is 15.4. The van der Waals surface area contributed by atoms with Crippen LogP contribution in [-0.4, -0.2) is 20.1 Å². The van der Waals surface area contributed by atoms with Gasteiger partial charge in [-0.1, -0.05) is 24.3 Å². The minimum atomic E-state index is -0.0183. The lowest BCUT2D eigenvalue weighted by atomic mass is 10.1. The maximum Gasteiger partial charge on any atom is 0.220 e. The van der Waals surface area contributed by atoms with E-state index in [2.05, 4.69) is 5.32 Å². The number of benzene rings is 2. The predicted octanol–water partition coefficient (Wildman–Crippen LogP) is 3.70. The molecule has 0 unspecified atom stereocenters. The van der Waals surface area contributed by atoms with Gasteiger partial charge in [-0.3, -0.25) is 4.79 Å². The molecule has 0 atom stereocenters. The van der Waals surface area contributed by atoms with E-state index in [9.17, 15) is 4.79 Å². The van der Waals surface area contributed by atoms with Crippen LogP contribution in [0.1, 0.15) is 17.7 Å². The molecule has 5 nitrogen and oxygen atoms in total. The summed E-state index contributed by atoms with van der Waals surface area (Å²) in [7, 11) is 3.20. The first-order valence-corrected chi connectivity index (χ1v) is 8.14. The fraction of sp³-hybridized carbons (Fsp3) is 0.250. The molecule has 0 aliphatic rings. The number of fused-ring (bicyclic) bond motifs is 1. The van der Waals surface area contributed by atoms with E-state index in [0.717, 1.165) is 22.3 Å². The minimum Gasteiger partial charge on any atom is -0.493 e. The van der Waals surface area contributed by atoms with Crippen molar-refractivity contribution in [1.29, 1.82) is 0 Å². The Hall–Kier alpha value is -2.95. The average Bonchev–Trinajstić information content (AvgIpc) is 3.07. The second-order valence-electron chi connectivity index (χ2n) is 5.72. The van der Waals surface area contributed by atoms with Crippen LogP contribution >= 0.6 is 0 Å². The number of para-hydroxylation sites is 1. The zero-order valence-electron chi connectivity index (χ0n) is 14.4. The van der Waals surface area contributed by atoms with E-state index >= 15 is 0 Å². The molecule has 25 heavy (non-hydrogen) atoms. The van der Waals surface area contributed by atoms with Gasteiger partial charge in [0.05, 0.1) is 20.8 Å². The monoisotopic (exact) mass is 339 g/mol. The zero-order chi connectivity index (χ0) is 17.6. The molecular formula is C20H21NO4. The fourth-order valence-corrected chi connectivity index (χ4v) is 2.69. The molecule has 5 heteroatoms. The van der Waals surface area contributed by atoms with Gasteiger partial charge in [0.25, 0.3) is 0 Å². The summed E-state index contributed by atoms with van der Waals surface area (Å²) in [5.74, 6) is 2.08. The second kappa shape index (κ2) is 7.75. The smallest absolute Gasteiger partial charge is 0.220 e. The van der Waals surface area contributed by atoms with Gasteiger partial charge in [-0.25, -0.2) is 0 Å². The lowest BCUT2D eigenvalue weighted by Gasteiger charge is -2.09. The van der Waals surface area contributed by atoms with Crippen molar-refractivity contribution in [1.82, 2.24) is 5.32 Å². The van der Waals surface area contributed by atoms with Gasteiger partial charge in [0.2, 0.25) is 5.91 Å². The van der Waals surface area contributed by atoms with Crippen LogP contribution in [0.5, 0.6) is 11.5 Å². The molecule has 0 radical (unpaired) electrons. The summed E-state index contributed by atoms with van der Waals surface area (Å²) in [5.41, 5.74) is 1.86. The Bertz CT molecular complexity index is 836. The number of rotatable bonds is 7. The molecule has 130 valence electrons. The van der Waals surface area contributed by atoms with E-state index in [0.29, 0.717) is 30.9 Å². The molecule has 1 amide bonds. The molecule has 0 aliphatic heterocycles. The SMILES string of the molecule is COc1ccc(CCC(=O)NCc2cc3ccccc3o2)cc1OC. The van der Waals surface area contributed by atoms with Gasteiger partial charge in [-0.05, 0) is 36.2 Å². The van der Waals surface area contributed by atoms with E-state index in [1.54, 1.807) is 14.2 Å². The first kappa shape index (κ1) is 16.9. The highest BCUT2D eigenvalue weighted by molar-refractivity contribution is 5.78. The van der Waals surface area contributed by atoms with Crippen LogP contribution in [0.4, 0.5) is 0 Å². The molecule has 1 aromatic heterocycles. The van der Waals surface area contributed by atoms with Gasteiger partial charge in [0.1, 0.15) is 11.3 Å². The summed E-state index contributed by atoms with van der Waals surface area (Å²) in [6.45, 7) is 0.388. The zero-order valence-corrected chi connectivity index (χ0v) is 14.4. The minimum absolute atomic E-state index is 0.0183. The van der Waals surface area contributed by atoms with Crippen molar-refractivity contribution in [2.24, 2.45) is 0 Å². The number of nitrogens with one attached hydrogen (secondary N) is 1. The Morgan fingerprint density at radius 3 is 2.60 bits per heavy atom. The highest BCUT2D eigenvalue weighted by atomic mass is 16.5. The van der Waals surface area contributed by atoms with Crippen molar-refractivity contribution < 1.29 is 18.7 Å². The van der Waals surface area contributed by atoms with E-state index in [1.165, 1.54) is 0 Å². The van der Waals surface area contributed by atoms with Crippen LogP contribution < -0.4 is 14.8 Å². The van der Waals surface area contributed by atoms with E-state index in [1.807, 2.05) is 48.5 Å². The number of amides is 1. The van der Waals surface area contributed by atoms with E-state index in [4.69, 9.17) is 13.9 Å². The number of aryl methyl sites for hydroxylation is 1. The number of furan rings is 1. The number of carbonyl (C=O) groups excluding carboxylic acids is 1. The van der Waals surface area contributed by atoms with Crippen molar-refractivity contribution >= 4 is 16.9 Å². The van der Waals surface area contributed by atoms with Gasteiger partial charge in [-0.2, -0.15) is 0 Å². The normalized spacial score (nSPS) is 10.6. The molecule has 0 spiro atoms. The number of carbonyl (C=O) groups is 1. The highest BCUT2D eigenvalue weighted by Crippen LogP contribution is 2.28. The van der Waals surface area contributed by atoms with Gasteiger partial charge in [0, 0.05) is 11.8 Å². The van der Waals surface area contributed by atoms with Crippen LogP contribution in [0.15, 0.2) is 52.9 Å². The van der Waals surface area contributed by atoms with Gasteiger partial charge in [-0.15, -0.1) is 0 Å². The Morgan fingerprint density at radius 1 is 1.04 bits per heavy atom. The standard InChI is InChI=1S/C20H21NO4/c1-23-18-9-7-14(11-19(18)24-2)8-10-20(22)21-13-16-12-15-5-3-4-6-17(15)25-16/h3-7,9,11-12H,8,10,13H2,1-2H3,(H,21,22). The van der Waals surface area contributed by atoms with E-state index < -0.39 is 0 Å². The van der Waals surface area contributed by atoms with Gasteiger partial charge < -0.3 is 19.2 Å². The van der Waals surface area contributed by atoms with Gasteiger partial charge >= 0.3 is 0 Å². The topological polar surface area (TPSA) is 60.7 Å². The number of hydrogen-bond donors (Lipinski definition) is 1. The maximum absolute atomic E-state index is 12.1. The third-order valence-corrected chi connectivity index (χ3v) is 4.03. The average molecular weight is 339 g/mol. The van der Waals surface area contributed by atoms with Crippen LogP contribution in [0.2, 0.25) is 0 Å². The Morgan fingerprint density at radius 2 is 1.84 bits per heavy atom. The van der Waals surface area contributed by atoms with Crippen molar-refractivity contribution in [3.05, 3.63) is 59.9 Å². The first-order valence-electron chi connectivity index (χ1n) is 8.14. The Balaban J connectivity index is 1.52. The summed E-state index contributed by atoms with van der Waals surface area (Å²) in [6.07, 6.45) is 1.03. The highest BCUT2D eigenvalue weighted by Gasteiger charge is 2.08. The molecule has 0 saturated carbocycles. The molecule has 3 aromatic rings. The van der Waals surface area contributed by atoms with Crippen LogP contribution in [0, 0.1) is 0 Å². The summed E-state index contributed by atoms with van der Waals surface area (Å²) >= 11 is 0. The number of hydrogen-bond acceptors (Lipinski definition) is 4. The Labute approximate surface area is 146 Å². The summed E-state index contributed by atoms with van der Waals surface area (Å²) in [4.78, 5) is 12.1. The maximum atomic E-state index is 12.1. The molecule has 3 rings (SSSR count). The van der Waals surface area contributed by atoms with E-state index in [-0.39, 0.29) is 5.91 Å². The second-order valence-corrected chi connectivity index (χ2v) is 5.72. The molecule has 0 fully saturated rings. The largest absolute Gasteiger partial charge is 0.493 e. The van der Waals surface area contributed by atoms with Crippen molar-refractivity contribution in [2.45, 2.75) is 19.4 Å². The fourth-order valence-electron chi connectivity index (χ4n) is 2.69. The van der Waals surface area contributed by atoms with Gasteiger partial charge in [0.15, 0.2) is 11.5 Å². The predicted molar refractivity (Wildman–Crippen MR) is 95.9 cm³/mol. The van der Waals surface area contributed by atoms with Crippen LogP contribution in [-0.2, 0) is 17.8 Å². The number of ether oxygens (including phenoxy) is 2. The van der Waals surface area contributed by atoms with Crippen molar-refractivity contribution in [3.8, 4) is 11.5 Å². The summed E-state index contributed by atoms with van der Waals surface area (Å²) < 4.78 is 16.2. The molecule has 0 saturated heterocycles. The molecule has 1 heterocycles. The van der Waals surface area contributed by atoms with Crippen molar-refractivity contribution in [2.75, 3.05) is 14.2 Å². The third kappa shape index (κ3) is 4.12. The van der Waals surface area contributed by atoms with Crippen LogP contribution in [0.3, 0.4) is 0 Å². The number of methoxy groups -OCH3 is 2. The molecule has 0 bridgehead atoms.